The topological polar surface area (TPSA) is 107 Å². The molecule has 194 valence electrons. The number of ether oxygens (including phenoxy) is 3. The van der Waals surface area contributed by atoms with E-state index in [2.05, 4.69) is 19.9 Å². The van der Waals surface area contributed by atoms with Crippen LogP contribution in [0.3, 0.4) is 0 Å². The third-order valence-electron chi connectivity index (χ3n) is 5.87. The quantitative estimate of drug-likeness (QED) is 0.157. The van der Waals surface area contributed by atoms with Gasteiger partial charge in [-0.25, -0.2) is 19.9 Å². The van der Waals surface area contributed by atoms with Crippen LogP contribution in [-0.4, -0.2) is 74.6 Å². The van der Waals surface area contributed by atoms with E-state index in [9.17, 15) is 5.11 Å². The molecular formula is C26H29ClN6O4. The van der Waals surface area contributed by atoms with Crippen molar-refractivity contribution in [3.8, 4) is 5.75 Å². The number of hydrogen-bond acceptors (Lipinski definition) is 8. The molecule has 4 aromatic rings. The Morgan fingerprint density at radius 3 is 2.84 bits per heavy atom. The number of pyridine rings is 1. The van der Waals surface area contributed by atoms with Crippen LogP contribution in [0, 0.1) is 0 Å². The monoisotopic (exact) mass is 524 g/mol. The van der Waals surface area contributed by atoms with Crippen molar-refractivity contribution in [3.05, 3.63) is 54.1 Å². The first-order valence-electron chi connectivity index (χ1n) is 11.9. The molecule has 11 heteroatoms. The van der Waals surface area contributed by atoms with Gasteiger partial charge in [-0.05, 0) is 44.2 Å². The molecule has 4 heterocycles. The summed E-state index contributed by atoms with van der Waals surface area (Å²) in [5.41, 5.74) is 1.44. The minimum atomic E-state index is -1.33. The van der Waals surface area contributed by atoms with Crippen molar-refractivity contribution in [3.63, 3.8) is 0 Å². The van der Waals surface area contributed by atoms with Crippen LogP contribution in [0.4, 0.5) is 5.82 Å². The molecule has 10 nitrogen and oxygen atoms in total. The molecule has 1 aliphatic heterocycles. The SMILES string of the molecule is CN(C)/C=N/c1ncnc2c1ccn2[C@H]1C[C@H](OC(C)(C)O)[C@@H](COc2ccc3ccc(Cl)nc3c2)O1. The highest BCUT2D eigenvalue weighted by Gasteiger charge is 2.40. The van der Waals surface area contributed by atoms with Crippen LogP contribution in [-0.2, 0) is 9.47 Å². The summed E-state index contributed by atoms with van der Waals surface area (Å²) in [6, 6.07) is 11.2. The summed E-state index contributed by atoms with van der Waals surface area (Å²) in [4.78, 5) is 19.4. The van der Waals surface area contributed by atoms with Crippen molar-refractivity contribution in [1.29, 1.82) is 0 Å². The second kappa shape index (κ2) is 10.2. The third-order valence-corrected chi connectivity index (χ3v) is 6.08. The molecule has 1 fully saturated rings. The Morgan fingerprint density at radius 1 is 1.24 bits per heavy atom. The van der Waals surface area contributed by atoms with Gasteiger partial charge in [0.05, 0.1) is 23.3 Å². The Balaban J connectivity index is 1.37. The number of halogens is 1. The van der Waals surface area contributed by atoms with E-state index in [1.807, 2.05) is 60.1 Å². The van der Waals surface area contributed by atoms with Gasteiger partial charge in [-0.2, -0.15) is 0 Å². The third kappa shape index (κ3) is 5.83. The van der Waals surface area contributed by atoms with Crippen LogP contribution >= 0.6 is 11.6 Å². The average Bonchev–Trinajstić information content (AvgIpc) is 3.44. The van der Waals surface area contributed by atoms with E-state index in [-0.39, 0.29) is 12.8 Å². The Hall–Kier alpha value is -3.31. The zero-order valence-electron chi connectivity index (χ0n) is 21.1. The van der Waals surface area contributed by atoms with Gasteiger partial charge in [-0.1, -0.05) is 11.6 Å². The number of aliphatic imine (C=N–C) groups is 1. The first-order valence-corrected chi connectivity index (χ1v) is 12.3. The Kier molecular flexibility index (Phi) is 7.00. The standard InChI is InChI=1S/C26H29ClN6O4/c1-26(2,34)37-20-12-23(33-10-9-18-24(30-15-32(3)4)28-14-29-25(18)33)36-21(20)13-35-17-7-5-16-6-8-22(27)31-19(16)11-17/h5-11,14-15,20-21,23,34H,12-13H2,1-4H3/b30-15+/t20-,21+,23+/m0/s1. The van der Waals surface area contributed by atoms with E-state index < -0.39 is 18.0 Å². The minimum Gasteiger partial charge on any atom is -0.491 e. The number of aromatic nitrogens is 4. The maximum absolute atomic E-state index is 10.4. The first kappa shape index (κ1) is 25.3. The highest BCUT2D eigenvalue weighted by molar-refractivity contribution is 6.29. The van der Waals surface area contributed by atoms with Crippen LogP contribution in [0.25, 0.3) is 21.9 Å². The average molecular weight is 525 g/mol. The minimum absolute atomic E-state index is 0.218. The van der Waals surface area contributed by atoms with Gasteiger partial charge < -0.3 is 28.8 Å². The molecule has 3 atom stereocenters. The van der Waals surface area contributed by atoms with Gasteiger partial charge >= 0.3 is 0 Å². The molecule has 5 rings (SSSR count). The normalized spacial score (nSPS) is 20.3. The Morgan fingerprint density at radius 2 is 2.05 bits per heavy atom. The van der Waals surface area contributed by atoms with Crippen LogP contribution in [0.5, 0.6) is 5.75 Å². The molecule has 1 aromatic carbocycles. The maximum Gasteiger partial charge on any atom is 0.166 e. The van der Waals surface area contributed by atoms with Crippen molar-refractivity contribution >= 4 is 45.7 Å². The summed E-state index contributed by atoms with van der Waals surface area (Å²) < 4.78 is 20.4. The highest BCUT2D eigenvalue weighted by atomic mass is 35.5. The molecule has 1 N–H and O–H groups in total. The fourth-order valence-electron chi connectivity index (χ4n) is 4.32. The molecule has 1 saturated heterocycles. The number of hydrogen-bond donors (Lipinski definition) is 1. The van der Waals surface area contributed by atoms with Crippen LogP contribution in [0.15, 0.2) is 53.9 Å². The number of aliphatic hydroxyl groups is 1. The Bertz CT molecular complexity index is 1430. The van der Waals surface area contributed by atoms with Crippen molar-refractivity contribution in [1.82, 2.24) is 24.4 Å². The summed E-state index contributed by atoms with van der Waals surface area (Å²) in [6.07, 6.45) is 4.35. The molecule has 0 unspecified atom stereocenters. The van der Waals surface area contributed by atoms with E-state index in [4.69, 9.17) is 25.8 Å². The predicted molar refractivity (Wildman–Crippen MR) is 141 cm³/mol. The predicted octanol–water partition coefficient (Wildman–Crippen LogP) is 4.33. The molecular weight excluding hydrogens is 496 g/mol. The van der Waals surface area contributed by atoms with E-state index >= 15 is 0 Å². The summed E-state index contributed by atoms with van der Waals surface area (Å²) in [5.74, 6) is -0.122. The van der Waals surface area contributed by atoms with Crippen molar-refractivity contribution in [2.75, 3.05) is 20.7 Å². The summed E-state index contributed by atoms with van der Waals surface area (Å²) >= 11 is 6.05. The molecule has 0 bridgehead atoms. The zero-order valence-corrected chi connectivity index (χ0v) is 21.8. The van der Waals surface area contributed by atoms with E-state index in [0.29, 0.717) is 28.8 Å². The van der Waals surface area contributed by atoms with Crippen molar-refractivity contribution < 1.29 is 19.3 Å². The van der Waals surface area contributed by atoms with Crippen molar-refractivity contribution in [2.24, 2.45) is 4.99 Å². The van der Waals surface area contributed by atoms with Gasteiger partial charge in [-0.3, -0.25) is 0 Å². The summed E-state index contributed by atoms with van der Waals surface area (Å²) in [6.45, 7) is 3.42. The van der Waals surface area contributed by atoms with Gasteiger partial charge in [0.25, 0.3) is 0 Å². The van der Waals surface area contributed by atoms with Crippen LogP contribution < -0.4 is 4.74 Å². The van der Waals surface area contributed by atoms with E-state index in [0.717, 1.165) is 16.3 Å². The Labute approximate surface area is 219 Å². The number of fused-ring (bicyclic) bond motifs is 2. The van der Waals surface area contributed by atoms with Gasteiger partial charge in [0.2, 0.25) is 0 Å². The molecule has 0 radical (unpaired) electrons. The molecule has 0 aliphatic carbocycles. The fourth-order valence-corrected chi connectivity index (χ4v) is 4.47. The first-order chi connectivity index (χ1) is 17.7. The van der Waals surface area contributed by atoms with Crippen LogP contribution in [0.1, 0.15) is 26.5 Å². The second-order valence-corrected chi connectivity index (χ2v) is 10.0. The lowest BCUT2D eigenvalue weighted by Gasteiger charge is -2.26. The zero-order chi connectivity index (χ0) is 26.2. The van der Waals surface area contributed by atoms with Gasteiger partial charge in [-0.15, -0.1) is 0 Å². The highest BCUT2D eigenvalue weighted by Crippen LogP contribution is 2.36. The van der Waals surface area contributed by atoms with E-state index in [1.165, 1.54) is 6.33 Å². The molecule has 0 spiro atoms. The van der Waals surface area contributed by atoms with Crippen molar-refractivity contribution in [2.45, 2.75) is 44.5 Å². The lowest BCUT2D eigenvalue weighted by molar-refractivity contribution is -0.216. The number of rotatable bonds is 8. The van der Waals surface area contributed by atoms with Crippen LogP contribution in [0.2, 0.25) is 5.15 Å². The van der Waals surface area contributed by atoms with Gasteiger partial charge in [0.1, 0.15) is 41.8 Å². The van der Waals surface area contributed by atoms with E-state index in [1.54, 1.807) is 26.3 Å². The maximum atomic E-state index is 10.4. The van der Waals surface area contributed by atoms with Gasteiger partial charge in [0.15, 0.2) is 11.6 Å². The summed E-state index contributed by atoms with van der Waals surface area (Å²) in [5, 5.41) is 12.6. The smallest absolute Gasteiger partial charge is 0.166 e. The molecule has 3 aromatic heterocycles. The number of nitrogens with zero attached hydrogens (tertiary/aromatic N) is 6. The molecule has 1 aliphatic rings. The summed E-state index contributed by atoms with van der Waals surface area (Å²) in [7, 11) is 3.79. The lowest BCUT2D eigenvalue weighted by Crippen LogP contribution is -2.37. The largest absolute Gasteiger partial charge is 0.491 e. The fraction of sp³-hybridized carbons (Fsp3) is 0.385. The molecule has 0 amide bonds. The molecule has 37 heavy (non-hydrogen) atoms. The number of benzene rings is 1. The lowest BCUT2D eigenvalue weighted by atomic mass is 10.1. The van der Waals surface area contributed by atoms with Gasteiger partial charge in [0, 0.05) is 38.2 Å². The second-order valence-electron chi connectivity index (χ2n) is 9.63. The molecule has 0 saturated carbocycles.